The van der Waals surface area contributed by atoms with E-state index in [0.29, 0.717) is 24.3 Å². The number of esters is 1. The van der Waals surface area contributed by atoms with E-state index in [-0.39, 0.29) is 18.0 Å². The van der Waals surface area contributed by atoms with Gasteiger partial charge in [0, 0.05) is 65.6 Å². The number of pyridine rings is 2. The summed E-state index contributed by atoms with van der Waals surface area (Å²) < 4.78 is 9.32. The van der Waals surface area contributed by atoms with Gasteiger partial charge in [-0.25, -0.2) is 24.1 Å². The summed E-state index contributed by atoms with van der Waals surface area (Å²) in [4.78, 5) is 44.0. The molecule has 0 aliphatic carbocycles. The molecule has 6 heterocycles. The second kappa shape index (κ2) is 27.9. The number of nitrogens with zero attached hydrogens (tertiary/aromatic N) is 8. The van der Waals surface area contributed by atoms with Crippen LogP contribution >= 0.6 is 0 Å². The van der Waals surface area contributed by atoms with Crippen molar-refractivity contribution in [3.05, 3.63) is 372 Å². The number of nitrogens with two attached hydrogens (primary N) is 1. The lowest BCUT2D eigenvalue weighted by Gasteiger charge is -2.37. The van der Waals surface area contributed by atoms with Crippen molar-refractivity contribution < 1.29 is 14.3 Å². The minimum atomic E-state index is -0.813. The molecule has 0 radical (unpaired) electrons. The number of hydrogen-bond acceptors (Lipinski definition) is 10. The van der Waals surface area contributed by atoms with E-state index in [2.05, 4.69) is 193 Å². The SMILES string of the molecule is COC(=O)C1=Nc2cc3c(-c4ccncc4)nn(C(c4ccccc4)(c4ccccc4)c4ccccc4)c3cc2C1.C[C@@H](N)c1ccccc1.C[C@@H](NC(=O)C1=Nc2cc3c(-c4ccncc4)nn(C(c4ccccc4)(c4ccccc4)c4ccccc4)c3cc2C1)c1ccccc1. The van der Waals surface area contributed by atoms with Gasteiger partial charge < -0.3 is 15.8 Å². The first-order valence-electron chi connectivity index (χ1n) is 32.8. The van der Waals surface area contributed by atoms with Crippen molar-refractivity contribution in [2.45, 2.75) is 49.9 Å². The lowest BCUT2D eigenvalue weighted by molar-refractivity contribution is -0.132. The first-order chi connectivity index (χ1) is 48.1. The number of aliphatic imine (C=N–C) groups is 2. The molecule has 1 amide bonds. The van der Waals surface area contributed by atoms with E-state index >= 15 is 0 Å². The zero-order valence-corrected chi connectivity index (χ0v) is 54.5. The van der Waals surface area contributed by atoms with Gasteiger partial charge >= 0.3 is 5.97 Å². The average Bonchev–Trinajstić information content (AvgIpc) is 1.58. The van der Waals surface area contributed by atoms with Crippen LogP contribution in [0.2, 0.25) is 0 Å². The van der Waals surface area contributed by atoms with E-state index in [9.17, 15) is 9.59 Å². The molecule has 3 N–H and O–H groups in total. The zero-order valence-electron chi connectivity index (χ0n) is 54.5. The van der Waals surface area contributed by atoms with Crippen LogP contribution in [0.1, 0.15) is 81.6 Å². The third kappa shape index (κ3) is 12.1. The molecule has 2 atom stereocenters. The fourth-order valence-electron chi connectivity index (χ4n) is 13.6. The van der Waals surface area contributed by atoms with E-state index < -0.39 is 17.0 Å². The van der Waals surface area contributed by atoms with Crippen LogP contribution in [0.15, 0.2) is 326 Å². The van der Waals surface area contributed by atoms with Crippen LogP contribution in [0.5, 0.6) is 0 Å². The maximum Gasteiger partial charge on any atom is 0.352 e. The summed E-state index contributed by atoms with van der Waals surface area (Å²) in [5.74, 6) is -0.566. The smallest absolute Gasteiger partial charge is 0.352 e. The maximum absolute atomic E-state index is 13.5. The van der Waals surface area contributed by atoms with Crippen molar-refractivity contribution in [1.29, 1.82) is 0 Å². The molecule has 13 nitrogen and oxygen atoms in total. The van der Waals surface area contributed by atoms with Gasteiger partial charge in [0.2, 0.25) is 0 Å². The number of benzene rings is 10. The van der Waals surface area contributed by atoms with Gasteiger partial charge in [-0.1, -0.05) is 243 Å². The highest BCUT2D eigenvalue weighted by Crippen LogP contribution is 2.48. The Kier molecular flexibility index (Phi) is 18.0. The number of nitrogens with one attached hydrogen (secondary N) is 1. The summed E-state index contributed by atoms with van der Waals surface area (Å²) in [5, 5.41) is 16.0. The van der Waals surface area contributed by atoms with Crippen molar-refractivity contribution in [3.8, 4) is 22.5 Å². The molecule has 0 spiro atoms. The summed E-state index contributed by atoms with van der Waals surface area (Å²) in [6.07, 6.45) is 7.98. The van der Waals surface area contributed by atoms with Crippen molar-refractivity contribution in [2.24, 2.45) is 15.7 Å². The van der Waals surface area contributed by atoms with E-state index in [0.717, 1.165) is 106 Å². The third-order valence-electron chi connectivity index (χ3n) is 18.3. The van der Waals surface area contributed by atoms with Crippen LogP contribution in [-0.2, 0) is 38.2 Å². The molecule has 0 saturated carbocycles. The van der Waals surface area contributed by atoms with Gasteiger partial charge in [0.25, 0.3) is 5.91 Å². The van der Waals surface area contributed by atoms with Crippen molar-refractivity contribution in [1.82, 2.24) is 34.8 Å². The molecule has 2 aliphatic rings. The first-order valence-corrected chi connectivity index (χ1v) is 32.8. The highest BCUT2D eigenvalue weighted by Gasteiger charge is 2.43. The molecule has 10 aromatic carbocycles. The van der Waals surface area contributed by atoms with Crippen LogP contribution in [0, 0.1) is 0 Å². The van der Waals surface area contributed by atoms with Crippen LogP contribution in [0.3, 0.4) is 0 Å². The second-order valence-electron chi connectivity index (χ2n) is 24.4. The number of rotatable bonds is 15. The first kappa shape index (κ1) is 63.1. The largest absolute Gasteiger partial charge is 0.465 e. The van der Waals surface area contributed by atoms with Gasteiger partial charge in [-0.2, -0.15) is 10.2 Å². The Labute approximate surface area is 569 Å². The van der Waals surface area contributed by atoms with Gasteiger partial charge in [-0.05, 0) is 118 Å². The number of fused-ring (bicyclic) bond motifs is 4. The van der Waals surface area contributed by atoms with Crippen molar-refractivity contribution in [3.63, 3.8) is 0 Å². The molecule has 13 heteroatoms. The Morgan fingerprint density at radius 1 is 0.429 bits per heavy atom. The van der Waals surface area contributed by atoms with E-state index in [1.54, 1.807) is 24.8 Å². The summed E-state index contributed by atoms with van der Waals surface area (Å²) in [6, 6.07) is 99.6. The molecular formula is C85H70N10O3. The van der Waals surface area contributed by atoms with Crippen LogP contribution in [-0.4, -0.2) is 59.9 Å². The summed E-state index contributed by atoms with van der Waals surface area (Å²) in [5.41, 5.74) is 22.6. The Morgan fingerprint density at radius 3 is 1.07 bits per heavy atom. The molecule has 4 aromatic heterocycles. The highest BCUT2D eigenvalue weighted by atomic mass is 16.5. The predicted molar refractivity (Wildman–Crippen MR) is 391 cm³/mol. The number of methoxy groups -OCH3 is 1. The average molecular weight is 1280 g/mol. The molecule has 14 aromatic rings. The lowest BCUT2D eigenvalue weighted by Crippen LogP contribution is -2.38. The van der Waals surface area contributed by atoms with Gasteiger partial charge in [-0.3, -0.25) is 14.8 Å². The van der Waals surface area contributed by atoms with Crippen LogP contribution in [0.25, 0.3) is 44.3 Å². The molecule has 0 saturated heterocycles. The number of carbonyl (C=O) groups excluding carboxylic acids is 2. The molecular weight excluding hydrogens is 1210 g/mol. The number of amides is 1. The van der Waals surface area contributed by atoms with E-state index in [1.807, 2.05) is 141 Å². The molecule has 0 fully saturated rings. The third-order valence-corrected chi connectivity index (χ3v) is 18.3. The number of aromatic nitrogens is 6. The quantitative estimate of drug-likeness (QED) is 0.0755. The normalized spacial score (nSPS) is 12.9. The molecule has 2 aliphatic heterocycles. The Balaban J connectivity index is 0.000000150. The zero-order chi connectivity index (χ0) is 67.0. The van der Waals surface area contributed by atoms with Gasteiger partial charge in [0.05, 0.1) is 35.6 Å². The molecule has 0 unspecified atom stereocenters. The molecule has 0 bridgehead atoms. The van der Waals surface area contributed by atoms with Crippen LogP contribution in [0.4, 0.5) is 11.4 Å². The predicted octanol–water partition coefficient (Wildman–Crippen LogP) is 16.9. The summed E-state index contributed by atoms with van der Waals surface area (Å²) in [6.45, 7) is 3.98. The monoisotopic (exact) mass is 1280 g/mol. The maximum atomic E-state index is 13.5. The van der Waals surface area contributed by atoms with E-state index in [1.165, 1.54) is 12.7 Å². The lowest BCUT2D eigenvalue weighted by atomic mass is 9.77. The van der Waals surface area contributed by atoms with Crippen LogP contribution < -0.4 is 11.1 Å². The Morgan fingerprint density at radius 2 is 0.745 bits per heavy atom. The highest BCUT2D eigenvalue weighted by molar-refractivity contribution is 6.41. The summed E-state index contributed by atoms with van der Waals surface area (Å²) in [7, 11) is 1.39. The fraction of sp³-hybridized carbons (Fsp3) is 0.106. The molecule has 98 heavy (non-hydrogen) atoms. The topological polar surface area (TPSA) is 168 Å². The van der Waals surface area contributed by atoms with Gasteiger partial charge in [0.1, 0.15) is 33.9 Å². The minimum absolute atomic E-state index is 0.140. The molecule has 478 valence electrons. The second-order valence-corrected chi connectivity index (χ2v) is 24.4. The summed E-state index contributed by atoms with van der Waals surface area (Å²) >= 11 is 0. The Bertz CT molecular complexity index is 4960. The fourth-order valence-corrected chi connectivity index (χ4v) is 13.6. The standard InChI is InChI=1S/C42H33N5O.C35H26N4O2.C8H11N/c1-29(30-14-6-2-7-15-30)44-41(48)38-26-32-27-39-36(28-37(32)45-38)40(31-22-24-43-25-23-31)46-47(39)42(33-16-8-3-9-17-33,34-18-10-4-11-19-34)35-20-12-5-13-21-35;1-41-34(40)31-21-25-22-32-29(23-30(25)37-31)33(24-17-19-36-20-18-24)38-39(32)35(26-11-5-2-6-12-26,27-13-7-3-8-14-27)28-15-9-4-10-16-28;1-7(9)8-5-3-2-4-6-8/h2-25,27-29H,26H2,1H3,(H,44,48);2-20,22-23H,21H2,1H3;2-7H,9H2,1H3/t29-;;7-/m1.1/s1. The number of ether oxygens (including phenoxy) is 1. The molecule has 16 rings (SSSR count). The number of carbonyl (C=O) groups is 2. The van der Waals surface area contributed by atoms with Crippen molar-refractivity contribution in [2.75, 3.05) is 7.11 Å². The minimum Gasteiger partial charge on any atom is -0.465 e. The van der Waals surface area contributed by atoms with E-state index in [4.69, 9.17) is 25.7 Å². The van der Waals surface area contributed by atoms with Gasteiger partial charge in [0.15, 0.2) is 0 Å². The van der Waals surface area contributed by atoms with Gasteiger partial charge in [-0.15, -0.1) is 0 Å². The number of hydrogen-bond donors (Lipinski definition) is 2. The Hall–Kier alpha value is -12.3. The van der Waals surface area contributed by atoms with Crippen molar-refractivity contribution >= 4 is 56.5 Å².